The Labute approximate surface area is 173 Å². The molecule has 0 unspecified atom stereocenters. The molecule has 0 atom stereocenters. The third-order valence-electron chi connectivity index (χ3n) is 3.34. The number of carbonyl (C=O) groups is 1. The molecule has 117 valence electrons. The molecule has 1 radical (unpaired) electrons. The van der Waals surface area contributed by atoms with Gasteiger partial charge in [-0.05, 0) is 38.5 Å². The third kappa shape index (κ3) is 23.0. The van der Waals surface area contributed by atoms with Crippen molar-refractivity contribution in [1.29, 1.82) is 0 Å². The second-order valence-electron chi connectivity index (χ2n) is 5.37. The normalized spacial score (nSPS) is 11.1. The monoisotopic (exact) mass is 319 g/mol. The molecule has 1 N–H and O–H groups in total. The van der Waals surface area contributed by atoms with Crippen LogP contribution < -0.4 is 0 Å². The predicted octanol–water partition coefficient (Wildman–Crippen LogP) is 5.50. The van der Waals surface area contributed by atoms with E-state index in [1.807, 2.05) is 0 Å². The van der Waals surface area contributed by atoms with Crippen molar-refractivity contribution in [1.82, 2.24) is 0 Å². The molecule has 0 saturated heterocycles. The Morgan fingerprint density at radius 1 is 0.810 bits per heavy atom. The van der Waals surface area contributed by atoms with Gasteiger partial charge in [0.2, 0.25) is 0 Å². The van der Waals surface area contributed by atoms with Crippen molar-refractivity contribution in [3.63, 3.8) is 0 Å². The van der Waals surface area contributed by atoms with Gasteiger partial charge < -0.3 is 5.11 Å². The van der Waals surface area contributed by atoms with Crippen LogP contribution in [0.15, 0.2) is 24.3 Å². The zero-order chi connectivity index (χ0) is 14.9. The zero-order valence-electron chi connectivity index (χ0n) is 14.2. The summed E-state index contributed by atoms with van der Waals surface area (Å²) >= 11 is 0. The molecule has 0 bridgehead atoms. The van der Waals surface area contributed by atoms with Crippen molar-refractivity contribution in [3.8, 4) is 0 Å². The average molecular weight is 320 g/mol. The number of hydrogen-bond acceptors (Lipinski definition) is 1. The maximum Gasteiger partial charge on any atom is 0.303 e. The van der Waals surface area contributed by atoms with Crippen molar-refractivity contribution in [2.24, 2.45) is 0 Å². The Morgan fingerprint density at radius 3 is 1.90 bits per heavy atom. The molecular formula is C18H32KO2. The zero-order valence-corrected chi connectivity index (χ0v) is 17.3. The van der Waals surface area contributed by atoms with Crippen LogP contribution in [0, 0.1) is 0 Å². The minimum absolute atomic E-state index is 0. The molecule has 0 fully saturated rings. The van der Waals surface area contributed by atoms with E-state index in [9.17, 15) is 4.79 Å². The van der Waals surface area contributed by atoms with E-state index in [4.69, 9.17) is 5.11 Å². The van der Waals surface area contributed by atoms with E-state index in [0.717, 1.165) is 25.7 Å². The molecule has 0 aliphatic rings. The summed E-state index contributed by atoms with van der Waals surface area (Å²) in [5.41, 5.74) is 0. The number of hydrogen-bond donors (Lipinski definition) is 1. The van der Waals surface area contributed by atoms with Crippen molar-refractivity contribution in [2.45, 2.75) is 84.0 Å². The van der Waals surface area contributed by atoms with Crippen LogP contribution in [0.2, 0.25) is 0 Å². The van der Waals surface area contributed by atoms with Gasteiger partial charge in [0.15, 0.2) is 0 Å². The van der Waals surface area contributed by atoms with Crippen LogP contribution in [0.5, 0.6) is 0 Å². The molecule has 3 heteroatoms. The van der Waals surface area contributed by atoms with Crippen molar-refractivity contribution < 1.29 is 9.90 Å². The fraction of sp³-hybridized carbons (Fsp3) is 0.722. The smallest absolute Gasteiger partial charge is 0.303 e. The number of unbranched alkanes of at least 4 members (excludes halogenated alkanes) is 8. The number of rotatable bonds is 14. The van der Waals surface area contributed by atoms with Crippen molar-refractivity contribution >= 4 is 57.4 Å². The van der Waals surface area contributed by atoms with Gasteiger partial charge in [0, 0.05) is 57.8 Å². The summed E-state index contributed by atoms with van der Waals surface area (Å²) in [6, 6.07) is 0. The molecule has 21 heavy (non-hydrogen) atoms. The molecule has 0 spiro atoms. The number of carboxylic acids is 1. The Morgan fingerprint density at radius 2 is 1.33 bits per heavy atom. The first-order valence-electron chi connectivity index (χ1n) is 8.29. The van der Waals surface area contributed by atoms with Gasteiger partial charge in [0.05, 0.1) is 0 Å². The van der Waals surface area contributed by atoms with Crippen LogP contribution >= 0.6 is 0 Å². The summed E-state index contributed by atoms with van der Waals surface area (Å²) in [4.78, 5) is 10.3. The van der Waals surface area contributed by atoms with Crippen LogP contribution in [0.1, 0.15) is 84.0 Å². The van der Waals surface area contributed by atoms with Gasteiger partial charge in [-0.15, -0.1) is 0 Å². The standard InChI is InChI=1S/C18H32O2.K/c1-2-3-4-5-6-7-8-9-10-11-12-13-14-15-16-17-18(19)20;/h6-7,9-10H,2-5,8,11-17H2,1H3,(H,19,20);/b7-6-,10-9-;. The van der Waals surface area contributed by atoms with Crippen LogP contribution in [0.25, 0.3) is 0 Å². The van der Waals surface area contributed by atoms with Crippen LogP contribution in [0.3, 0.4) is 0 Å². The summed E-state index contributed by atoms with van der Waals surface area (Å²) in [6.45, 7) is 2.23. The molecule has 0 aliphatic heterocycles. The molecule has 0 aromatic rings. The first-order chi connectivity index (χ1) is 9.77. The molecule has 0 rings (SSSR count). The molecule has 0 aromatic carbocycles. The number of aliphatic carboxylic acids is 1. The van der Waals surface area contributed by atoms with Gasteiger partial charge in [0.1, 0.15) is 0 Å². The maximum atomic E-state index is 10.3. The van der Waals surface area contributed by atoms with Gasteiger partial charge in [-0.1, -0.05) is 63.3 Å². The first kappa shape index (κ1) is 23.8. The van der Waals surface area contributed by atoms with Crippen molar-refractivity contribution in [2.75, 3.05) is 0 Å². The van der Waals surface area contributed by atoms with Gasteiger partial charge in [-0.3, -0.25) is 4.79 Å². The molecule has 0 aromatic heterocycles. The summed E-state index contributed by atoms with van der Waals surface area (Å²) in [5.74, 6) is -0.671. The SMILES string of the molecule is CCCCC/C=C\C/C=C\CCCCCCCC(=O)O.[K]. The second kappa shape index (κ2) is 20.6. The predicted molar refractivity (Wildman–Crippen MR) is 92.7 cm³/mol. The Balaban J connectivity index is 0. The van der Waals surface area contributed by atoms with Gasteiger partial charge >= 0.3 is 5.97 Å². The Hall–Kier alpha value is 0.586. The average Bonchev–Trinajstić information content (AvgIpc) is 2.43. The van der Waals surface area contributed by atoms with Crippen molar-refractivity contribution in [3.05, 3.63) is 24.3 Å². The van der Waals surface area contributed by atoms with Crippen LogP contribution in [0.4, 0.5) is 0 Å². The van der Waals surface area contributed by atoms with E-state index in [1.54, 1.807) is 0 Å². The second-order valence-corrected chi connectivity index (χ2v) is 5.37. The Kier molecular flexibility index (Phi) is 23.4. The van der Waals surface area contributed by atoms with E-state index in [2.05, 4.69) is 31.2 Å². The topological polar surface area (TPSA) is 37.3 Å². The van der Waals surface area contributed by atoms with E-state index in [0.29, 0.717) is 6.42 Å². The summed E-state index contributed by atoms with van der Waals surface area (Å²) in [6.07, 6.45) is 22.3. The van der Waals surface area contributed by atoms with Gasteiger partial charge in [-0.2, -0.15) is 0 Å². The largest absolute Gasteiger partial charge is 0.481 e. The van der Waals surface area contributed by atoms with Gasteiger partial charge in [-0.25, -0.2) is 0 Å². The van der Waals surface area contributed by atoms with Gasteiger partial charge in [0.25, 0.3) is 0 Å². The van der Waals surface area contributed by atoms with E-state index < -0.39 is 5.97 Å². The molecule has 0 heterocycles. The number of carboxylic acid groups (broad SMARTS) is 1. The summed E-state index contributed by atoms with van der Waals surface area (Å²) < 4.78 is 0. The Bertz CT molecular complexity index is 272. The van der Waals surface area contributed by atoms with Crippen LogP contribution in [-0.4, -0.2) is 62.5 Å². The fourth-order valence-corrected chi connectivity index (χ4v) is 2.09. The molecule has 0 aliphatic carbocycles. The molecule has 0 amide bonds. The third-order valence-corrected chi connectivity index (χ3v) is 3.34. The molecule has 0 saturated carbocycles. The molecule has 2 nitrogen and oxygen atoms in total. The fourth-order valence-electron chi connectivity index (χ4n) is 2.09. The van der Waals surface area contributed by atoms with Crippen LogP contribution in [-0.2, 0) is 4.79 Å². The van der Waals surface area contributed by atoms with E-state index in [-0.39, 0.29) is 51.4 Å². The van der Waals surface area contributed by atoms with E-state index >= 15 is 0 Å². The summed E-state index contributed by atoms with van der Waals surface area (Å²) in [7, 11) is 0. The summed E-state index contributed by atoms with van der Waals surface area (Å²) in [5, 5.41) is 8.50. The van der Waals surface area contributed by atoms with E-state index in [1.165, 1.54) is 44.9 Å². The number of allylic oxidation sites excluding steroid dienone is 4. The minimum atomic E-state index is -0.671. The quantitative estimate of drug-likeness (QED) is 0.261. The maximum absolute atomic E-state index is 10.3. The minimum Gasteiger partial charge on any atom is -0.481 e. The first-order valence-corrected chi connectivity index (χ1v) is 8.29. The molecular weight excluding hydrogens is 287 g/mol.